The van der Waals surface area contributed by atoms with Crippen LogP contribution in [0.1, 0.15) is 17.5 Å². The number of nitriles is 2. The number of ether oxygens (including phenoxy) is 1. The van der Waals surface area contributed by atoms with E-state index in [0.29, 0.717) is 33.9 Å². The second-order valence-electron chi connectivity index (χ2n) is 5.17. The molecule has 2 rings (SSSR count). The van der Waals surface area contributed by atoms with Crippen molar-refractivity contribution in [3.8, 4) is 17.9 Å². The summed E-state index contributed by atoms with van der Waals surface area (Å²) in [6.45, 7) is -0.123. The first-order valence-electron chi connectivity index (χ1n) is 7.77. The van der Waals surface area contributed by atoms with E-state index < -0.39 is 10.0 Å². The zero-order valence-electron chi connectivity index (χ0n) is 13.9. The summed E-state index contributed by atoms with van der Waals surface area (Å²) in [5.74, 6) is 1.06. The van der Waals surface area contributed by atoms with Gasteiger partial charge in [0, 0.05) is 4.90 Å². The smallest absolute Gasteiger partial charge is 0.214 e. The van der Waals surface area contributed by atoms with E-state index >= 15 is 0 Å². The summed E-state index contributed by atoms with van der Waals surface area (Å²) in [5, 5.41) is 18.2. The topological polar surface area (TPSA) is 103 Å². The van der Waals surface area contributed by atoms with Gasteiger partial charge in [0.25, 0.3) is 0 Å². The SMILES string of the molecule is N#Cc1cccc(SCCCS(=O)(=O)NCOc2ccccc2)c1C#N. The molecule has 0 radical (unpaired) electrons. The van der Waals surface area contributed by atoms with Gasteiger partial charge in [0.1, 0.15) is 17.9 Å². The number of sulfonamides is 1. The van der Waals surface area contributed by atoms with E-state index in [1.165, 1.54) is 11.8 Å². The Morgan fingerprint density at radius 2 is 1.81 bits per heavy atom. The van der Waals surface area contributed by atoms with Crippen LogP contribution in [-0.4, -0.2) is 26.7 Å². The number of benzene rings is 2. The van der Waals surface area contributed by atoms with E-state index in [1.807, 2.05) is 18.2 Å². The van der Waals surface area contributed by atoms with Gasteiger partial charge >= 0.3 is 0 Å². The summed E-state index contributed by atoms with van der Waals surface area (Å²) in [7, 11) is -3.44. The van der Waals surface area contributed by atoms with Crippen LogP contribution in [0.5, 0.6) is 5.75 Å². The quantitative estimate of drug-likeness (QED) is 0.403. The summed E-state index contributed by atoms with van der Waals surface area (Å²) in [6, 6.07) is 18.0. The minimum absolute atomic E-state index is 0.0437. The number of hydrogen-bond donors (Lipinski definition) is 1. The average molecular weight is 387 g/mol. The molecule has 0 aliphatic rings. The molecule has 8 heteroatoms. The molecule has 0 amide bonds. The largest absolute Gasteiger partial charge is 0.477 e. The number of para-hydroxylation sites is 1. The average Bonchev–Trinajstić information content (AvgIpc) is 2.65. The van der Waals surface area contributed by atoms with Gasteiger partial charge in [0.05, 0.1) is 16.9 Å². The third-order valence-corrected chi connectivity index (χ3v) is 5.86. The fraction of sp³-hybridized carbons (Fsp3) is 0.222. The van der Waals surface area contributed by atoms with E-state index in [0.717, 1.165) is 0 Å². The number of nitrogens with one attached hydrogen (secondary N) is 1. The highest BCUT2D eigenvalue weighted by molar-refractivity contribution is 7.99. The van der Waals surface area contributed by atoms with E-state index in [1.54, 1.807) is 42.5 Å². The van der Waals surface area contributed by atoms with E-state index in [9.17, 15) is 13.7 Å². The molecule has 134 valence electrons. The Morgan fingerprint density at radius 3 is 2.50 bits per heavy atom. The first kappa shape index (κ1) is 19.8. The molecule has 26 heavy (non-hydrogen) atoms. The van der Waals surface area contributed by atoms with Gasteiger partial charge in [-0.05, 0) is 36.4 Å². The highest BCUT2D eigenvalue weighted by atomic mass is 32.2. The molecule has 0 saturated heterocycles. The molecule has 0 atom stereocenters. The summed E-state index contributed by atoms with van der Waals surface area (Å²) in [4.78, 5) is 0.685. The number of nitrogens with zero attached hydrogens (tertiary/aromatic N) is 2. The Hall–Kier alpha value is -2.52. The molecular formula is C18H17N3O3S2. The molecule has 0 aliphatic heterocycles. The number of hydrogen-bond acceptors (Lipinski definition) is 6. The molecule has 0 saturated carbocycles. The van der Waals surface area contributed by atoms with Crippen molar-refractivity contribution in [3.05, 3.63) is 59.7 Å². The lowest BCUT2D eigenvalue weighted by atomic mass is 10.1. The normalized spacial score (nSPS) is 10.7. The van der Waals surface area contributed by atoms with Crippen LogP contribution in [-0.2, 0) is 10.0 Å². The lowest BCUT2D eigenvalue weighted by molar-refractivity contribution is 0.311. The highest BCUT2D eigenvalue weighted by Gasteiger charge is 2.11. The number of rotatable bonds is 9. The highest BCUT2D eigenvalue weighted by Crippen LogP contribution is 2.25. The van der Waals surface area contributed by atoms with Crippen LogP contribution in [0.3, 0.4) is 0 Å². The molecule has 0 aliphatic carbocycles. The summed E-state index contributed by atoms with van der Waals surface area (Å²) < 4.78 is 31.6. The first-order chi connectivity index (χ1) is 12.6. The van der Waals surface area contributed by atoms with Crippen LogP contribution in [0.2, 0.25) is 0 Å². The molecule has 0 spiro atoms. The second kappa shape index (κ2) is 9.83. The second-order valence-corrected chi connectivity index (χ2v) is 8.23. The summed E-state index contributed by atoms with van der Waals surface area (Å²) in [6.07, 6.45) is 0.410. The van der Waals surface area contributed by atoms with Gasteiger partial charge in [0.2, 0.25) is 10.0 Å². The lowest BCUT2D eigenvalue weighted by Gasteiger charge is -2.09. The van der Waals surface area contributed by atoms with Crippen molar-refractivity contribution in [2.45, 2.75) is 11.3 Å². The van der Waals surface area contributed by atoms with E-state index in [-0.39, 0.29) is 12.5 Å². The van der Waals surface area contributed by atoms with Gasteiger partial charge in [0.15, 0.2) is 6.73 Å². The van der Waals surface area contributed by atoms with Gasteiger partial charge in [-0.1, -0.05) is 24.3 Å². The molecular weight excluding hydrogens is 370 g/mol. The fourth-order valence-electron chi connectivity index (χ4n) is 2.08. The first-order valence-corrected chi connectivity index (χ1v) is 10.4. The van der Waals surface area contributed by atoms with E-state index in [4.69, 9.17) is 10.00 Å². The van der Waals surface area contributed by atoms with Crippen LogP contribution in [0, 0.1) is 22.7 Å². The fourth-order valence-corrected chi connectivity index (χ4v) is 4.16. The number of thioether (sulfide) groups is 1. The van der Waals surface area contributed by atoms with Crippen molar-refractivity contribution in [2.24, 2.45) is 0 Å². The third-order valence-electron chi connectivity index (χ3n) is 3.33. The molecule has 6 nitrogen and oxygen atoms in total. The minimum atomic E-state index is -3.44. The standard InChI is InChI=1S/C18H17N3O3S2/c19-12-15-6-4-9-18(17(15)13-20)25-10-5-11-26(22,23)21-14-24-16-7-2-1-3-8-16/h1-4,6-9,21H,5,10-11,14H2. The van der Waals surface area contributed by atoms with Gasteiger partial charge in [-0.25, -0.2) is 8.42 Å². The zero-order chi connectivity index (χ0) is 18.8. The molecule has 2 aromatic carbocycles. The van der Waals surface area contributed by atoms with Crippen molar-refractivity contribution < 1.29 is 13.2 Å². The molecule has 1 N–H and O–H groups in total. The Bertz CT molecular complexity index is 917. The van der Waals surface area contributed by atoms with E-state index in [2.05, 4.69) is 4.72 Å². The van der Waals surface area contributed by atoms with Crippen molar-refractivity contribution in [2.75, 3.05) is 18.2 Å². The third kappa shape index (κ3) is 6.08. The Balaban J connectivity index is 1.77. The Kier molecular flexibility index (Phi) is 7.49. The van der Waals surface area contributed by atoms with Crippen LogP contribution < -0.4 is 9.46 Å². The van der Waals surface area contributed by atoms with Crippen molar-refractivity contribution in [1.82, 2.24) is 4.72 Å². The predicted octanol–water partition coefficient (Wildman–Crippen LogP) is 2.87. The Labute approximate surface area is 157 Å². The molecule has 0 fully saturated rings. The van der Waals surface area contributed by atoms with Crippen molar-refractivity contribution in [3.63, 3.8) is 0 Å². The maximum atomic E-state index is 12.0. The minimum Gasteiger partial charge on any atom is -0.477 e. The van der Waals surface area contributed by atoms with Crippen molar-refractivity contribution >= 4 is 21.8 Å². The van der Waals surface area contributed by atoms with Gasteiger partial charge in [-0.15, -0.1) is 11.8 Å². The molecule has 0 heterocycles. The molecule has 0 aromatic heterocycles. The van der Waals surface area contributed by atoms with Crippen LogP contribution in [0.25, 0.3) is 0 Å². The van der Waals surface area contributed by atoms with Gasteiger partial charge < -0.3 is 4.74 Å². The summed E-state index contributed by atoms with van der Waals surface area (Å²) in [5.41, 5.74) is 0.655. The van der Waals surface area contributed by atoms with Crippen LogP contribution in [0.4, 0.5) is 0 Å². The maximum Gasteiger partial charge on any atom is 0.214 e. The lowest BCUT2D eigenvalue weighted by Crippen LogP contribution is -2.30. The van der Waals surface area contributed by atoms with Gasteiger partial charge in [-0.2, -0.15) is 15.2 Å². The molecule has 0 unspecified atom stereocenters. The molecule has 0 bridgehead atoms. The zero-order valence-corrected chi connectivity index (χ0v) is 15.5. The molecule has 2 aromatic rings. The van der Waals surface area contributed by atoms with Crippen molar-refractivity contribution in [1.29, 1.82) is 10.5 Å². The monoisotopic (exact) mass is 387 g/mol. The predicted molar refractivity (Wildman–Crippen MR) is 100 cm³/mol. The van der Waals surface area contributed by atoms with Crippen LogP contribution in [0.15, 0.2) is 53.4 Å². The van der Waals surface area contributed by atoms with Crippen LogP contribution >= 0.6 is 11.8 Å². The Morgan fingerprint density at radius 1 is 1.04 bits per heavy atom. The summed E-state index contributed by atoms with van der Waals surface area (Å²) >= 11 is 1.37. The maximum absolute atomic E-state index is 12.0. The van der Waals surface area contributed by atoms with Gasteiger partial charge in [-0.3, -0.25) is 0 Å².